The maximum atomic E-state index is 2.59. The number of fused-ring (bicyclic) bond motifs is 22. The second-order valence-electron chi connectivity index (χ2n) is 19.5. The molecule has 3 aliphatic carbocycles. The molecule has 0 unspecified atom stereocenters. The minimum atomic E-state index is -0.590. The zero-order valence-electron chi connectivity index (χ0n) is 38.1. The molecule has 0 atom stereocenters. The Hall–Kier alpha value is -8.98. The van der Waals surface area contributed by atoms with Gasteiger partial charge in [0.2, 0.25) is 0 Å². The SMILES string of the molecule is c1ccc2c(c1)-c1ccccc1C21c2ccccc2C2(c3ccccc3-c3ccccc32)c2cc(-c3cc(-n4c5ccccc5c5ccccc54)cc(-n4c5ccccc5c5ccccc54)c3)ccc21. The monoisotopic (exact) mass is 886 g/mol. The fourth-order valence-electron chi connectivity index (χ4n) is 13.8. The maximum absolute atomic E-state index is 2.59. The minimum Gasteiger partial charge on any atom is -0.309 e. The molecule has 0 N–H and O–H groups in total. The van der Waals surface area contributed by atoms with E-state index in [1.807, 2.05) is 0 Å². The highest BCUT2D eigenvalue weighted by atomic mass is 15.0. The number of benzene rings is 11. The van der Waals surface area contributed by atoms with E-state index in [2.05, 4.69) is 264 Å². The van der Waals surface area contributed by atoms with Crippen LogP contribution in [0.4, 0.5) is 0 Å². The van der Waals surface area contributed by atoms with Crippen molar-refractivity contribution >= 4 is 43.6 Å². The van der Waals surface area contributed by atoms with Crippen LogP contribution in [0.15, 0.2) is 255 Å². The van der Waals surface area contributed by atoms with E-state index in [1.54, 1.807) is 0 Å². The normalized spacial score (nSPS) is 14.2. The third kappa shape index (κ3) is 4.64. The van der Waals surface area contributed by atoms with Crippen molar-refractivity contribution in [2.75, 3.05) is 0 Å². The Balaban J connectivity index is 1.06. The average molecular weight is 887 g/mol. The first kappa shape index (κ1) is 38.0. The van der Waals surface area contributed by atoms with E-state index in [0.29, 0.717) is 0 Å². The molecule has 2 heteroatoms. The average Bonchev–Trinajstić information content (AvgIpc) is 4.14. The maximum Gasteiger partial charge on any atom is 0.0720 e. The summed E-state index contributed by atoms with van der Waals surface area (Å²) in [5, 5.41) is 4.99. The summed E-state index contributed by atoms with van der Waals surface area (Å²) in [6, 6.07) is 96.4. The first-order valence-corrected chi connectivity index (χ1v) is 24.5. The molecule has 13 aromatic rings. The van der Waals surface area contributed by atoms with E-state index in [4.69, 9.17) is 0 Å². The molecule has 0 amide bonds. The second-order valence-corrected chi connectivity index (χ2v) is 19.5. The molecule has 2 aromatic heterocycles. The van der Waals surface area contributed by atoms with Gasteiger partial charge in [-0.2, -0.15) is 0 Å². The van der Waals surface area contributed by atoms with Crippen molar-refractivity contribution in [2.24, 2.45) is 0 Å². The van der Waals surface area contributed by atoms with Gasteiger partial charge in [0, 0.05) is 32.9 Å². The molecule has 16 rings (SSSR count). The Bertz CT molecular complexity index is 4060. The molecule has 0 saturated heterocycles. The van der Waals surface area contributed by atoms with E-state index in [9.17, 15) is 0 Å². The predicted octanol–water partition coefficient (Wildman–Crippen LogP) is 16.6. The first-order chi connectivity index (χ1) is 34.7. The molecule has 3 aliphatic rings. The second kappa shape index (κ2) is 13.8. The molecule has 0 aliphatic heterocycles. The molecule has 11 aromatic carbocycles. The highest BCUT2D eigenvalue weighted by Gasteiger charge is 2.59. The van der Waals surface area contributed by atoms with Crippen LogP contribution in [0.25, 0.3) is 88.4 Å². The number of nitrogens with zero attached hydrogens (tertiary/aromatic N) is 2. The molecule has 0 saturated carbocycles. The number of hydrogen-bond acceptors (Lipinski definition) is 0. The van der Waals surface area contributed by atoms with Crippen LogP contribution in [0.3, 0.4) is 0 Å². The first-order valence-electron chi connectivity index (χ1n) is 24.5. The van der Waals surface area contributed by atoms with Crippen LogP contribution in [0.1, 0.15) is 44.5 Å². The van der Waals surface area contributed by atoms with E-state index < -0.39 is 10.8 Å². The molecule has 0 bridgehead atoms. The summed E-state index contributed by atoms with van der Waals surface area (Å²) in [7, 11) is 0. The zero-order chi connectivity index (χ0) is 45.7. The lowest BCUT2D eigenvalue weighted by atomic mass is 9.52. The summed E-state index contributed by atoms with van der Waals surface area (Å²) in [5.74, 6) is 0. The van der Waals surface area contributed by atoms with E-state index in [-0.39, 0.29) is 0 Å². The van der Waals surface area contributed by atoms with Gasteiger partial charge in [0.05, 0.1) is 32.9 Å². The summed E-state index contributed by atoms with van der Waals surface area (Å²) in [6.45, 7) is 0. The van der Waals surface area contributed by atoms with Crippen molar-refractivity contribution in [3.05, 3.63) is 299 Å². The Kier molecular flexibility index (Phi) is 7.51. The van der Waals surface area contributed by atoms with Crippen LogP contribution in [0.5, 0.6) is 0 Å². The smallest absolute Gasteiger partial charge is 0.0720 e. The highest BCUT2D eigenvalue weighted by molar-refractivity contribution is 6.11. The van der Waals surface area contributed by atoms with Crippen LogP contribution in [0.2, 0.25) is 0 Å². The standard InChI is InChI=1S/C68H42N2/c1-9-27-55-47(19-1)48-20-2-10-28-56(48)67(55)59-31-13-14-32-60(59)68(57-29-11-3-21-49(57)50-22-4-12-30-58(50)68)62-41-43(37-38-61(62)67)44-39-45(69-63-33-15-5-23-51(63)52-24-6-16-34-64(52)69)42-46(40-44)70-65-35-17-7-25-53(65)54-26-8-18-36-66(54)70/h1-42H. The zero-order valence-corrected chi connectivity index (χ0v) is 38.1. The highest BCUT2D eigenvalue weighted by Crippen LogP contribution is 2.67. The van der Waals surface area contributed by atoms with Crippen molar-refractivity contribution in [1.82, 2.24) is 9.13 Å². The van der Waals surface area contributed by atoms with Crippen LogP contribution < -0.4 is 0 Å². The predicted molar refractivity (Wildman–Crippen MR) is 289 cm³/mol. The molecule has 0 fully saturated rings. The number of hydrogen-bond donors (Lipinski definition) is 0. The largest absolute Gasteiger partial charge is 0.309 e. The van der Waals surface area contributed by atoms with Gasteiger partial charge in [-0.25, -0.2) is 0 Å². The third-order valence-corrected chi connectivity index (χ3v) is 16.4. The van der Waals surface area contributed by atoms with Crippen LogP contribution in [0, 0.1) is 0 Å². The lowest BCUT2D eigenvalue weighted by molar-refractivity contribution is 0.633. The van der Waals surface area contributed by atoms with Crippen molar-refractivity contribution in [3.63, 3.8) is 0 Å². The van der Waals surface area contributed by atoms with Gasteiger partial charge in [-0.15, -0.1) is 0 Å². The fourth-order valence-corrected chi connectivity index (χ4v) is 13.8. The summed E-state index contributed by atoms with van der Waals surface area (Å²) in [6.07, 6.45) is 0. The summed E-state index contributed by atoms with van der Waals surface area (Å²) < 4.78 is 4.96. The Morgan fingerprint density at radius 2 is 0.514 bits per heavy atom. The van der Waals surface area contributed by atoms with E-state index >= 15 is 0 Å². The van der Waals surface area contributed by atoms with Crippen molar-refractivity contribution in [3.8, 4) is 44.8 Å². The van der Waals surface area contributed by atoms with E-state index in [0.717, 1.165) is 16.9 Å². The quantitative estimate of drug-likeness (QED) is 0.167. The Morgan fingerprint density at radius 1 is 0.214 bits per heavy atom. The Labute approximate surface area is 405 Å². The lowest BCUT2D eigenvalue weighted by Gasteiger charge is -2.49. The lowest BCUT2D eigenvalue weighted by Crippen LogP contribution is -2.43. The molecule has 2 spiro atoms. The molecular formula is C68H42N2. The molecule has 2 nitrogen and oxygen atoms in total. The van der Waals surface area contributed by atoms with E-state index in [1.165, 1.54) is 116 Å². The number of aromatic nitrogens is 2. The summed E-state index contributed by atoms with van der Waals surface area (Å²) >= 11 is 0. The van der Waals surface area contributed by atoms with Crippen LogP contribution >= 0.6 is 0 Å². The van der Waals surface area contributed by atoms with Crippen LogP contribution in [-0.4, -0.2) is 9.13 Å². The van der Waals surface area contributed by atoms with Gasteiger partial charge < -0.3 is 9.13 Å². The van der Waals surface area contributed by atoms with Crippen molar-refractivity contribution in [2.45, 2.75) is 10.8 Å². The number of para-hydroxylation sites is 4. The third-order valence-electron chi connectivity index (χ3n) is 16.4. The minimum absolute atomic E-state index is 0.547. The van der Waals surface area contributed by atoms with Gasteiger partial charge >= 0.3 is 0 Å². The van der Waals surface area contributed by atoms with Gasteiger partial charge in [-0.3, -0.25) is 0 Å². The van der Waals surface area contributed by atoms with Crippen molar-refractivity contribution in [1.29, 1.82) is 0 Å². The van der Waals surface area contributed by atoms with Crippen molar-refractivity contribution < 1.29 is 0 Å². The molecule has 324 valence electrons. The molecule has 2 heterocycles. The van der Waals surface area contributed by atoms with Gasteiger partial charge in [-0.1, -0.05) is 206 Å². The Morgan fingerprint density at radius 3 is 0.900 bits per heavy atom. The summed E-state index contributed by atoms with van der Waals surface area (Å²) in [5.41, 5.74) is 24.1. The molecule has 0 radical (unpaired) electrons. The summed E-state index contributed by atoms with van der Waals surface area (Å²) in [4.78, 5) is 0. The molecule has 70 heavy (non-hydrogen) atoms. The number of rotatable bonds is 3. The van der Waals surface area contributed by atoms with Gasteiger partial charge in [0.15, 0.2) is 0 Å². The van der Waals surface area contributed by atoms with Crippen LogP contribution in [-0.2, 0) is 10.8 Å². The molecular weight excluding hydrogens is 845 g/mol. The van der Waals surface area contributed by atoms with Gasteiger partial charge in [0.25, 0.3) is 0 Å². The van der Waals surface area contributed by atoms with Gasteiger partial charge in [-0.05, 0) is 126 Å². The van der Waals surface area contributed by atoms with Gasteiger partial charge in [0.1, 0.15) is 0 Å². The topological polar surface area (TPSA) is 9.86 Å². The fraction of sp³-hybridized carbons (Fsp3) is 0.0294.